The molecule has 0 aromatic carbocycles. The van der Waals surface area contributed by atoms with E-state index in [1.807, 2.05) is 9.80 Å². The minimum Gasteiger partial charge on any atom is -0.368 e. The van der Waals surface area contributed by atoms with Crippen molar-refractivity contribution in [1.29, 1.82) is 0 Å². The van der Waals surface area contributed by atoms with Crippen LogP contribution in [0.3, 0.4) is 0 Å². The fourth-order valence-corrected chi connectivity index (χ4v) is 4.45. The van der Waals surface area contributed by atoms with Crippen molar-refractivity contribution in [3.8, 4) is 0 Å². The summed E-state index contributed by atoms with van der Waals surface area (Å²) in [5.74, 6) is 0.553. The molecule has 1 saturated carbocycles. The standard InChI is InChI=1S/C19H28N4O3/c24-18(15-13-20-21-17(15)14-5-2-1-3-6-14)22-8-10-23(11-9-22)19(25)16-7-4-12-26-16/h13-14,16H,1-12H2,(H,20,21)/t16-/m0/s1. The molecule has 3 aliphatic rings. The monoisotopic (exact) mass is 360 g/mol. The molecule has 7 nitrogen and oxygen atoms in total. The molecule has 3 heterocycles. The third-order valence-electron chi connectivity index (χ3n) is 6.00. The Morgan fingerprint density at radius 1 is 1.00 bits per heavy atom. The van der Waals surface area contributed by atoms with Crippen LogP contribution in [0.25, 0.3) is 0 Å². The van der Waals surface area contributed by atoms with Gasteiger partial charge >= 0.3 is 0 Å². The Morgan fingerprint density at radius 2 is 1.73 bits per heavy atom. The van der Waals surface area contributed by atoms with Gasteiger partial charge in [-0.2, -0.15) is 5.10 Å². The minimum absolute atomic E-state index is 0.0449. The van der Waals surface area contributed by atoms with E-state index < -0.39 is 0 Å². The summed E-state index contributed by atoms with van der Waals surface area (Å²) in [7, 11) is 0. The number of carbonyl (C=O) groups excluding carboxylic acids is 2. The largest absolute Gasteiger partial charge is 0.368 e. The van der Waals surface area contributed by atoms with Crippen LogP contribution in [0.4, 0.5) is 0 Å². The second-order valence-electron chi connectivity index (χ2n) is 7.65. The van der Waals surface area contributed by atoms with Crippen molar-refractivity contribution in [2.45, 2.75) is 57.0 Å². The lowest BCUT2D eigenvalue weighted by atomic mass is 9.85. The molecule has 26 heavy (non-hydrogen) atoms. The molecule has 7 heteroatoms. The first-order valence-electron chi connectivity index (χ1n) is 9.97. The maximum Gasteiger partial charge on any atom is 0.257 e. The van der Waals surface area contributed by atoms with Gasteiger partial charge in [0, 0.05) is 38.7 Å². The number of carbonyl (C=O) groups is 2. The van der Waals surface area contributed by atoms with Crippen LogP contribution in [0.5, 0.6) is 0 Å². The zero-order valence-electron chi connectivity index (χ0n) is 15.3. The van der Waals surface area contributed by atoms with Crippen LogP contribution in [0.1, 0.15) is 66.9 Å². The third kappa shape index (κ3) is 3.49. The third-order valence-corrected chi connectivity index (χ3v) is 6.00. The predicted octanol–water partition coefficient (Wildman–Crippen LogP) is 1.92. The molecule has 4 rings (SSSR count). The number of nitrogens with zero attached hydrogens (tertiary/aromatic N) is 3. The number of aromatic amines is 1. The maximum atomic E-state index is 13.0. The van der Waals surface area contributed by atoms with Gasteiger partial charge in [-0.05, 0) is 25.7 Å². The molecule has 1 aromatic rings. The molecule has 1 aromatic heterocycles. The zero-order valence-corrected chi connectivity index (χ0v) is 15.3. The molecule has 3 fully saturated rings. The van der Waals surface area contributed by atoms with Gasteiger partial charge < -0.3 is 14.5 Å². The number of amides is 2. The lowest BCUT2D eigenvalue weighted by Gasteiger charge is -2.36. The molecule has 0 spiro atoms. The van der Waals surface area contributed by atoms with Gasteiger partial charge in [0.15, 0.2) is 0 Å². The minimum atomic E-state index is -0.274. The highest BCUT2D eigenvalue weighted by Crippen LogP contribution is 2.33. The smallest absolute Gasteiger partial charge is 0.257 e. The topological polar surface area (TPSA) is 78.5 Å². The van der Waals surface area contributed by atoms with Crippen LogP contribution in [-0.4, -0.2) is 70.7 Å². The van der Waals surface area contributed by atoms with Crippen molar-refractivity contribution in [1.82, 2.24) is 20.0 Å². The Kier molecular flexibility index (Phi) is 5.24. The Hall–Kier alpha value is -1.89. The Balaban J connectivity index is 1.36. The van der Waals surface area contributed by atoms with Crippen LogP contribution < -0.4 is 0 Å². The predicted molar refractivity (Wildman–Crippen MR) is 95.9 cm³/mol. The summed E-state index contributed by atoms with van der Waals surface area (Å²) in [6.45, 7) is 3.00. The first-order chi connectivity index (χ1) is 12.7. The van der Waals surface area contributed by atoms with Crippen LogP contribution >= 0.6 is 0 Å². The van der Waals surface area contributed by atoms with Gasteiger partial charge in [0.05, 0.1) is 17.5 Å². The van der Waals surface area contributed by atoms with E-state index in [4.69, 9.17) is 4.74 Å². The summed E-state index contributed by atoms with van der Waals surface area (Å²) in [6, 6.07) is 0. The van der Waals surface area contributed by atoms with Crippen molar-refractivity contribution in [2.24, 2.45) is 0 Å². The van der Waals surface area contributed by atoms with Crippen molar-refractivity contribution < 1.29 is 14.3 Å². The van der Waals surface area contributed by atoms with E-state index >= 15 is 0 Å². The number of hydrogen-bond acceptors (Lipinski definition) is 4. The second-order valence-corrected chi connectivity index (χ2v) is 7.65. The molecule has 1 N–H and O–H groups in total. The number of nitrogens with one attached hydrogen (secondary N) is 1. The average Bonchev–Trinajstić information content (AvgIpc) is 3.39. The van der Waals surface area contributed by atoms with E-state index in [0.29, 0.717) is 38.7 Å². The fraction of sp³-hybridized carbons (Fsp3) is 0.737. The number of ether oxygens (including phenoxy) is 1. The second kappa shape index (κ2) is 7.78. The summed E-state index contributed by atoms with van der Waals surface area (Å²) in [6.07, 6.45) is 9.17. The zero-order chi connectivity index (χ0) is 17.9. The molecule has 1 atom stereocenters. The molecule has 2 aliphatic heterocycles. The molecule has 0 unspecified atom stereocenters. The molecule has 0 bridgehead atoms. The summed E-state index contributed by atoms with van der Waals surface area (Å²) in [5.41, 5.74) is 1.73. The number of H-pyrrole nitrogens is 1. The highest BCUT2D eigenvalue weighted by atomic mass is 16.5. The van der Waals surface area contributed by atoms with E-state index in [9.17, 15) is 9.59 Å². The SMILES string of the molecule is O=C(c1cn[nH]c1C1CCCCC1)N1CCN(C(=O)[C@@H]2CCCO2)CC1. The number of piperazine rings is 1. The molecule has 1 aliphatic carbocycles. The normalized spacial score (nSPS) is 24.8. The van der Waals surface area contributed by atoms with Crippen molar-refractivity contribution in [3.05, 3.63) is 17.5 Å². The van der Waals surface area contributed by atoms with Gasteiger partial charge in [-0.25, -0.2) is 0 Å². The fourth-order valence-electron chi connectivity index (χ4n) is 4.45. The molecule has 2 saturated heterocycles. The van der Waals surface area contributed by atoms with Crippen molar-refractivity contribution in [2.75, 3.05) is 32.8 Å². The van der Waals surface area contributed by atoms with Crippen LogP contribution in [0.15, 0.2) is 6.20 Å². The molecule has 142 valence electrons. The van der Waals surface area contributed by atoms with Crippen molar-refractivity contribution >= 4 is 11.8 Å². The van der Waals surface area contributed by atoms with Gasteiger partial charge in [0.1, 0.15) is 6.10 Å². The quantitative estimate of drug-likeness (QED) is 0.893. The Bertz CT molecular complexity index is 639. The Morgan fingerprint density at radius 3 is 2.42 bits per heavy atom. The van der Waals surface area contributed by atoms with E-state index in [1.54, 1.807) is 6.20 Å². The van der Waals surface area contributed by atoms with Gasteiger partial charge in [0.25, 0.3) is 11.8 Å². The lowest BCUT2D eigenvalue weighted by molar-refractivity contribution is -0.142. The number of rotatable bonds is 3. The van der Waals surface area contributed by atoms with Gasteiger partial charge in [-0.3, -0.25) is 14.7 Å². The Labute approximate surface area is 154 Å². The number of aromatic nitrogens is 2. The highest BCUT2D eigenvalue weighted by molar-refractivity contribution is 5.95. The molecular weight excluding hydrogens is 332 g/mol. The molecular formula is C19H28N4O3. The van der Waals surface area contributed by atoms with Gasteiger partial charge in [0.2, 0.25) is 0 Å². The van der Waals surface area contributed by atoms with Crippen LogP contribution in [0.2, 0.25) is 0 Å². The first-order valence-corrected chi connectivity index (χ1v) is 9.97. The number of hydrogen-bond donors (Lipinski definition) is 1. The summed E-state index contributed by atoms with van der Waals surface area (Å²) >= 11 is 0. The molecule has 0 radical (unpaired) electrons. The molecule has 2 amide bonds. The van der Waals surface area contributed by atoms with Crippen LogP contribution in [-0.2, 0) is 9.53 Å². The summed E-state index contributed by atoms with van der Waals surface area (Å²) in [4.78, 5) is 29.1. The van der Waals surface area contributed by atoms with Gasteiger partial charge in [-0.15, -0.1) is 0 Å². The van der Waals surface area contributed by atoms with Crippen LogP contribution in [0, 0.1) is 0 Å². The van der Waals surface area contributed by atoms with E-state index in [0.717, 1.165) is 36.9 Å². The highest BCUT2D eigenvalue weighted by Gasteiger charge is 2.33. The average molecular weight is 360 g/mol. The van der Waals surface area contributed by atoms with Gasteiger partial charge in [-0.1, -0.05) is 19.3 Å². The lowest BCUT2D eigenvalue weighted by Crippen LogP contribution is -2.52. The van der Waals surface area contributed by atoms with Crippen molar-refractivity contribution in [3.63, 3.8) is 0 Å². The van der Waals surface area contributed by atoms with E-state index in [2.05, 4.69) is 10.2 Å². The summed E-state index contributed by atoms with van der Waals surface area (Å²) in [5, 5.41) is 7.24. The summed E-state index contributed by atoms with van der Waals surface area (Å²) < 4.78 is 5.50. The maximum absolute atomic E-state index is 13.0. The van der Waals surface area contributed by atoms with E-state index in [-0.39, 0.29) is 17.9 Å². The first kappa shape index (κ1) is 17.5. The van der Waals surface area contributed by atoms with E-state index in [1.165, 1.54) is 19.3 Å².